The highest BCUT2D eigenvalue weighted by Gasteiger charge is 2.32. The van der Waals surface area contributed by atoms with Gasteiger partial charge >= 0.3 is 6.09 Å². The maximum absolute atomic E-state index is 11.9. The molecule has 2 amide bonds. The van der Waals surface area contributed by atoms with E-state index in [1.807, 2.05) is 31.4 Å². The lowest BCUT2D eigenvalue weighted by atomic mass is 10.2. The van der Waals surface area contributed by atoms with Crippen LogP contribution in [0.2, 0.25) is 0 Å². The maximum Gasteiger partial charge on any atom is 0.414 e. The van der Waals surface area contributed by atoms with Gasteiger partial charge in [0.2, 0.25) is 5.91 Å². The second kappa shape index (κ2) is 6.17. The summed E-state index contributed by atoms with van der Waals surface area (Å²) in [6, 6.07) is 5.90. The summed E-state index contributed by atoms with van der Waals surface area (Å²) in [5.41, 5.74) is 1.96. The predicted molar refractivity (Wildman–Crippen MR) is 79.3 cm³/mol. The molecule has 2 rings (SSSR count). The molecule has 1 aliphatic heterocycles. The molecule has 1 aliphatic rings. The molecule has 20 heavy (non-hydrogen) atoms. The van der Waals surface area contributed by atoms with Crippen molar-refractivity contribution in [3.63, 3.8) is 0 Å². The van der Waals surface area contributed by atoms with Crippen LogP contribution >= 0.6 is 11.8 Å². The van der Waals surface area contributed by atoms with E-state index in [9.17, 15) is 9.59 Å². The van der Waals surface area contributed by atoms with Crippen LogP contribution < -0.4 is 10.2 Å². The Morgan fingerprint density at radius 1 is 1.55 bits per heavy atom. The molecule has 1 saturated heterocycles. The SMILES string of the molecule is CSc1ccc(N2CC(CNC(C)=O)OC2=O)cc1C. The number of carbonyl (C=O) groups is 2. The Balaban J connectivity index is 2.07. The van der Waals surface area contributed by atoms with Crippen LogP contribution in [-0.2, 0) is 9.53 Å². The Hall–Kier alpha value is -1.69. The van der Waals surface area contributed by atoms with Crippen molar-refractivity contribution in [3.05, 3.63) is 23.8 Å². The number of amides is 2. The number of hydrogen-bond acceptors (Lipinski definition) is 4. The highest BCUT2D eigenvalue weighted by molar-refractivity contribution is 7.98. The number of rotatable bonds is 4. The van der Waals surface area contributed by atoms with Crippen LogP contribution in [0.25, 0.3) is 0 Å². The summed E-state index contributed by atoms with van der Waals surface area (Å²) in [4.78, 5) is 25.6. The fraction of sp³-hybridized carbons (Fsp3) is 0.429. The van der Waals surface area contributed by atoms with E-state index in [1.54, 1.807) is 16.7 Å². The van der Waals surface area contributed by atoms with Crippen molar-refractivity contribution in [2.75, 3.05) is 24.2 Å². The Morgan fingerprint density at radius 2 is 2.30 bits per heavy atom. The van der Waals surface area contributed by atoms with E-state index in [2.05, 4.69) is 5.32 Å². The van der Waals surface area contributed by atoms with E-state index in [0.717, 1.165) is 11.3 Å². The highest BCUT2D eigenvalue weighted by Crippen LogP contribution is 2.27. The van der Waals surface area contributed by atoms with Crippen molar-refractivity contribution in [3.8, 4) is 0 Å². The van der Waals surface area contributed by atoms with Crippen molar-refractivity contribution in [2.24, 2.45) is 0 Å². The number of benzene rings is 1. The summed E-state index contributed by atoms with van der Waals surface area (Å²) < 4.78 is 5.24. The van der Waals surface area contributed by atoms with Gasteiger partial charge in [0.05, 0.1) is 13.1 Å². The third kappa shape index (κ3) is 3.25. The van der Waals surface area contributed by atoms with Crippen molar-refractivity contribution in [2.45, 2.75) is 24.8 Å². The molecule has 0 bridgehead atoms. The summed E-state index contributed by atoms with van der Waals surface area (Å²) in [6.45, 7) is 4.27. The lowest BCUT2D eigenvalue weighted by molar-refractivity contribution is -0.119. The molecule has 1 aromatic rings. The van der Waals surface area contributed by atoms with E-state index in [4.69, 9.17) is 4.74 Å². The quantitative estimate of drug-likeness (QED) is 0.865. The topological polar surface area (TPSA) is 58.6 Å². The minimum absolute atomic E-state index is 0.125. The van der Waals surface area contributed by atoms with Crippen LogP contribution in [-0.4, -0.2) is 37.4 Å². The zero-order valence-corrected chi connectivity index (χ0v) is 12.6. The maximum atomic E-state index is 11.9. The molecule has 0 aromatic heterocycles. The van der Waals surface area contributed by atoms with E-state index >= 15 is 0 Å². The molecular formula is C14H18N2O3S. The Morgan fingerprint density at radius 3 is 2.90 bits per heavy atom. The van der Waals surface area contributed by atoms with Crippen LogP contribution in [0.15, 0.2) is 23.1 Å². The van der Waals surface area contributed by atoms with Crippen LogP contribution in [0.5, 0.6) is 0 Å². The molecule has 1 fully saturated rings. The van der Waals surface area contributed by atoms with Gasteiger partial charge in [0.25, 0.3) is 0 Å². The zero-order valence-electron chi connectivity index (χ0n) is 11.8. The lowest BCUT2D eigenvalue weighted by Gasteiger charge is -2.15. The summed E-state index contributed by atoms with van der Waals surface area (Å²) in [6.07, 6.45) is 1.36. The first-order valence-electron chi connectivity index (χ1n) is 6.38. The van der Waals surface area contributed by atoms with Gasteiger partial charge in [-0.25, -0.2) is 4.79 Å². The van der Waals surface area contributed by atoms with E-state index < -0.39 is 0 Å². The van der Waals surface area contributed by atoms with E-state index in [0.29, 0.717) is 13.1 Å². The van der Waals surface area contributed by atoms with Crippen LogP contribution in [0.4, 0.5) is 10.5 Å². The standard InChI is InChI=1S/C14H18N2O3S/c1-9-6-11(4-5-13(9)20-3)16-8-12(19-14(16)18)7-15-10(2)17/h4-6,12H,7-8H2,1-3H3,(H,15,17). The normalized spacial score (nSPS) is 18.1. The first-order valence-corrected chi connectivity index (χ1v) is 7.61. The number of hydrogen-bond donors (Lipinski definition) is 1. The second-order valence-corrected chi connectivity index (χ2v) is 5.56. The zero-order chi connectivity index (χ0) is 14.7. The average molecular weight is 294 g/mol. The largest absolute Gasteiger partial charge is 0.442 e. The molecule has 1 N–H and O–H groups in total. The number of nitrogens with one attached hydrogen (secondary N) is 1. The van der Waals surface area contributed by atoms with Crippen molar-refractivity contribution in [1.82, 2.24) is 5.32 Å². The monoisotopic (exact) mass is 294 g/mol. The van der Waals surface area contributed by atoms with Crippen LogP contribution in [0.1, 0.15) is 12.5 Å². The third-order valence-electron chi connectivity index (χ3n) is 3.14. The van der Waals surface area contributed by atoms with E-state index in [1.165, 1.54) is 11.8 Å². The van der Waals surface area contributed by atoms with Crippen LogP contribution in [0.3, 0.4) is 0 Å². The van der Waals surface area contributed by atoms with Crippen molar-refractivity contribution in [1.29, 1.82) is 0 Å². The van der Waals surface area contributed by atoms with Gasteiger partial charge in [-0.15, -0.1) is 11.8 Å². The molecule has 5 nitrogen and oxygen atoms in total. The Labute approximate surface area is 122 Å². The molecule has 1 atom stereocenters. The lowest BCUT2D eigenvalue weighted by Crippen LogP contribution is -2.33. The predicted octanol–water partition coefficient (Wildman–Crippen LogP) is 2.18. The van der Waals surface area contributed by atoms with Gasteiger partial charge in [-0.2, -0.15) is 0 Å². The molecular weight excluding hydrogens is 276 g/mol. The Kier molecular flexibility index (Phi) is 4.54. The van der Waals surface area contributed by atoms with Gasteiger partial charge in [0.1, 0.15) is 6.10 Å². The first kappa shape index (κ1) is 14.7. The minimum Gasteiger partial charge on any atom is -0.442 e. The molecule has 108 valence electrons. The van der Waals surface area contributed by atoms with Gasteiger partial charge in [0, 0.05) is 17.5 Å². The Bertz CT molecular complexity index is 533. The summed E-state index contributed by atoms with van der Waals surface area (Å²) in [7, 11) is 0. The molecule has 1 heterocycles. The third-order valence-corrected chi connectivity index (χ3v) is 4.04. The summed E-state index contributed by atoms with van der Waals surface area (Å²) in [5.74, 6) is -0.125. The number of ether oxygens (including phenoxy) is 1. The minimum atomic E-state index is -0.364. The fourth-order valence-electron chi connectivity index (χ4n) is 2.13. The number of anilines is 1. The molecule has 1 aromatic carbocycles. The summed E-state index contributed by atoms with van der Waals surface area (Å²) >= 11 is 1.68. The van der Waals surface area contributed by atoms with Gasteiger partial charge < -0.3 is 10.1 Å². The number of nitrogens with zero attached hydrogens (tertiary/aromatic N) is 1. The van der Waals surface area contributed by atoms with E-state index in [-0.39, 0.29) is 18.1 Å². The van der Waals surface area contributed by atoms with Crippen molar-refractivity contribution < 1.29 is 14.3 Å². The summed E-state index contributed by atoms with van der Waals surface area (Å²) in [5, 5.41) is 2.66. The number of carbonyl (C=O) groups excluding carboxylic acids is 2. The average Bonchev–Trinajstić information content (AvgIpc) is 2.77. The van der Waals surface area contributed by atoms with Gasteiger partial charge in [-0.3, -0.25) is 9.69 Å². The smallest absolute Gasteiger partial charge is 0.414 e. The molecule has 0 aliphatic carbocycles. The number of aryl methyl sites for hydroxylation is 1. The fourth-order valence-corrected chi connectivity index (χ4v) is 2.71. The van der Waals surface area contributed by atoms with Crippen molar-refractivity contribution >= 4 is 29.4 Å². The molecule has 0 radical (unpaired) electrons. The first-order chi connectivity index (χ1) is 9.51. The second-order valence-electron chi connectivity index (χ2n) is 4.71. The molecule has 1 unspecified atom stereocenters. The molecule has 6 heteroatoms. The van der Waals surface area contributed by atoms with Gasteiger partial charge in [0.15, 0.2) is 0 Å². The highest BCUT2D eigenvalue weighted by atomic mass is 32.2. The van der Waals surface area contributed by atoms with Crippen LogP contribution in [0, 0.1) is 6.92 Å². The number of thioether (sulfide) groups is 1. The molecule has 0 saturated carbocycles. The van der Waals surface area contributed by atoms with Gasteiger partial charge in [-0.05, 0) is 36.9 Å². The number of cyclic esters (lactones) is 1. The van der Waals surface area contributed by atoms with Gasteiger partial charge in [-0.1, -0.05) is 0 Å². The molecule has 0 spiro atoms.